The Morgan fingerprint density at radius 2 is 1.47 bits per heavy atom. The molecule has 0 radical (unpaired) electrons. The SMILES string of the molecule is CC(O)(O)N(C(=O)CCCC(N)=O)C(C)(O)O. The molecule has 0 aliphatic rings. The van der Waals surface area contributed by atoms with Gasteiger partial charge in [0.2, 0.25) is 23.6 Å². The molecule has 0 bridgehead atoms. The van der Waals surface area contributed by atoms with Gasteiger partial charge < -0.3 is 26.2 Å². The van der Waals surface area contributed by atoms with Crippen LogP contribution in [-0.2, 0) is 9.59 Å². The Labute approximate surface area is 98.3 Å². The molecule has 0 aliphatic heterocycles. The molecular weight excluding hydrogens is 232 g/mol. The summed E-state index contributed by atoms with van der Waals surface area (Å²) in [6.45, 7) is 1.62. The van der Waals surface area contributed by atoms with Gasteiger partial charge in [-0.15, -0.1) is 0 Å². The highest BCUT2D eigenvalue weighted by atomic mass is 16.6. The number of hydrogen-bond acceptors (Lipinski definition) is 6. The van der Waals surface area contributed by atoms with Crippen molar-refractivity contribution < 1.29 is 30.0 Å². The van der Waals surface area contributed by atoms with Crippen molar-refractivity contribution in [2.24, 2.45) is 5.73 Å². The number of nitrogens with two attached hydrogens (primary N) is 1. The molecule has 6 N–H and O–H groups in total. The first-order valence-corrected chi connectivity index (χ1v) is 4.97. The van der Waals surface area contributed by atoms with Gasteiger partial charge in [0.15, 0.2) is 0 Å². The Bertz CT molecular complexity index is 277. The average molecular weight is 250 g/mol. The summed E-state index contributed by atoms with van der Waals surface area (Å²) >= 11 is 0. The number of carbonyl (C=O) groups is 2. The monoisotopic (exact) mass is 250 g/mol. The summed E-state index contributed by atoms with van der Waals surface area (Å²) in [5, 5.41) is 37.0. The van der Waals surface area contributed by atoms with Gasteiger partial charge in [0.05, 0.1) is 0 Å². The summed E-state index contributed by atoms with van der Waals surface area (Å²) in [5.74, 6) is -6.97. The highest BCUT2D eigenvalue weighted by molar-refractivity contribution is 5.78. The number of primary amides is 1. The van der Waals surface area contributed by atoms with E-state index in [0.717, 1.165) is 13.8 Å². The molecule has 0 saturated heterocycles. The molecule has 0 saturated carbocycles. The molecule has 8 nitrogen and oxygen atoms in total. The van der Waals surface area contributed by atoms with Crippen LogP contribution in [0.25, 0.3) is 0 Å². The topological polar surface area (TPSA) is 144 Å². The van der Waals surface area contributed by atoms with Crippen molar-refractivity contribution in [1.82, 2.24) is 4.90 Å². The third-order valence-corrected chi connectivity index (χ3v) is 1.91. The van der Waals surface area contributed by atoms with E-state index < -0.39 is 23.6 Å². The van der Waals surface area contributed by atoms with E-state index in [-0.39, 0.29) is 24.2 Å². The molecule has 0 unspecified atom stereocenters. The van der Waals surface area contributed by atoms with Crippen LogP contribution in [-0.4, -0.2) is 49.0 Å². The predicted octanol–water partition coefficient (Wildman–Crippen LogP) is -2.21. The highest BCUT2D eigenvalue weighted by Crippen LogP contribution is 2.19. The second-order valence-corrected chi connectivity index (χ2v) is 3.99. The first kappa shape index (κ1) is 15.8. The lowest BCUT2D eigenvalue weighted by Gasteiger charge is -2.39. The molecule has 0 aromatic rings. The second kappa shape index (κ2) is 5.41. The Kier molecular flexibility index (Phi) is 5.02. The molecule has 0 atom stereocenters. The van der Waals surface area contributed by atoms with Gasteiger partial charge in [0.1, 0.15) is 0 Å². The highest BCUT2D eigenvalue weighted by Gasteiger charge is 2.42. The number of amides is 2. The number of aliphatic hydroxyl groups is 4. The minimum absolute atomic E-state index is 0.0548. The van der Waals surface area contributed by atoms with Crippen molar-refractivity contribution in [2.75, 3.05) is 0 Å². The van der Waals surface area contributed by atoms with Crippen molar-refractivity contribution >= 4 is 11.8 Å². The van der Waals surface area contributed by atoms with Crippen LogP contribution in [0.5, 0.6) is 0 Å². The van der Waals surface area contributed by atoms with Gasteiger partial charge in [-0.05, 0) is 6.42 Å². The number of hydrogen-bond donors (Lipinski definition) is 5. The van der Waals surface area contributed by atoms with Crippen molar-refractivity contribution in [2.45, 2.75) is 44.9 Å². The largest absolute Gasteiger partial charge is 0.370 e. The van der Waals surface area contributed by atoms with E-state index in [9.17, 15) is 30.0 Å². The molecule has 0 heterocycles. The van der Waals surface area contributed by atoms with E-state index >= 15 is 0 Å². The molecule has 2 amide bonds. The summed E-state index contributed by atoms with van der Waals surface area (Å²) in [5.41, 5.74) is 4.86. The molecule has 0 aliphatic carbocycles. The normalized spacial score (nSPS) is 12.4. The smallest absolute Gasteiger partial charge is 0.249 e. The van der Waals surface area contributed by atoms with Crippen LogP contribution >= 0.6 is 0 Å². The van der Waals surface area contributed by atoms with E-state index in [2.05, 4.69) is 0 Å². The van der Waals surface area contributed by atoms with Gasteiger partial charge in [-0.25, -0.2) is 4.90 Å². The fraction of sp³-hybridized carbons (Fsp3) is 0.778. The zero-order valence-electron chi connectivity index (χ0n) is 9.75. The first-order valence-electron chi connectivity index (χ1n) is 4.97. The fourth-order valence-electron chi connectivity index (χ4n) is 1.40. The number of rotatable bonds is 6. The first-order chi connectivity index (χ1) is 7.46. The molecule has 0 fully saturated rings. The molecule has 0 aromatic carbocycles. The molecule has 100 valence electrons. The Morgan fingerprint density at radius 3 is 1.76 bits per heavy atom. The Hall–Kier alpha value is -1.22. The quantitative estimate of drug-likeness (QED) is 0.338. The Morgan fingerprint density at radius 1 is 1.06 bits per heavy atom. The summed E-state index contributed by atoms with van der Waals surface area (Å²) in [7, 11) is 0. The van der Waals surface area contributed by atoms with E-state index in [1.165, 1.54) is 0 Å². The summed E-state index contributed by atoms with van der Waals surface area (Å²) in [4.78, 5) is 22.1. The number of carbonyl (C=O) groups excluding carboxylic acids is 2. The maximum absolute atomic E-state index is 11.6. The van der Waals surface area contributed by atoms with E-state index in [0.29, 0.717) is 0 Å². The van der Waals surface area contributed by atoms with Crippen molar-refractivity contribution in [3.05, 3.63) is 0 Å². The molecule has 17 heavy (non-hydrogen) atoms. The van der Waals surface area contributed by atoms with Crippen LogP contribution in [0.3, 0.4) is 0 Å². The van der Waals surface area contributed by atoms with Crippen LogP contribution in [0.2, 0.25) is 0 Å². The van der Waals surface area contributed by atoms with Crippen LogP contribution in [0.1, 0.15) is 33.1 Å². The van der Waals surface area contributed by atoms with Gasteiger partial charge >= 0.3 is 0 Å². The fourth-order valence-corrected chi connectivity index (χ4v) is 1.40. The predicted molar refractivity (Wildman–Crippen MR) is 55.6 cm³/mol. The van der Waals surface area contributed by atoms with Gasteiger partial charge in [-0.1, -0.05) is 0 Å². The summed E-state index contributed by atoms with van der Waals surface area (Å²) in [6, 6.07) is 0. The lowest BCUT2D eigenvalue weighted by Crippen LogP contribution is -2.61. The standard InChI is InChI=1S/C9H18N2O6/c1-8(14,15)11(9(2,16)17)7(13)5-3-4-6(10)12/h14-17H,3-5H2,1-2H3,(H2,10,12). The summed E-state index contributed by atoms with van der Waals surface area (Å²) in [6.07, 6.45) is -0.242. The molecule has 8 heteroatoms. The van der Waals surface area contributed by atoms with Crippen molar-refractivity contribution in [3.63, 3.8) is 0 Å². The molecular formula is C9H18N2O6. The van der Waals surface area contributed by atoms with Crippen LogP contribution in [0.4, 0.5) is 0 Å². The van der Waals surface area contributed by atoms with Crippen molar-refractivity contribution in [3.8, 4) is 0 Å². The third kappa shape index (κ3) is 5.59. The van der Waals surface area contributed by atoms with Gasteiger partial charge in [0.25, 0.3) is 0 Å². The average Bonchev–Trinajstić information content (AvgIpc) is 1.96. The van der Waals surface area contributed by atoms with Gasteiger partial charge in [-0.3, -0.25) is 9.59 Å². The van der Waals surface area contributed by atoms with E-state index in [1.54, 1.807) is 0 Å². The zero-order valence-corrected chi connectivity index (χ0v) is 9.75. The maximum atomic E-state index is 11.6. The van der Waals surface area contributed by atoms with E-state index in [4.69, 9.17) is 5.73 Å². The van der Waals surface area contributed by atoms with Gasteiger partial charge in [0, 0.05) is 26.7 Å². The number of nitrogens with zero attached hydrogens (tertiary/aromatic N) is 1. The van der Waals surface area contributed by atoms with Crippen LogP contribution in [0.15, 0.2) is 0 Å². The minimum atomic E-state index is -2.72. The van der Waals surface area contributed by atoms with E-state index in [1.807, 2.05) is 0 Å². The molecule has 0 aromatic heterocycles. The van der Waals surface area contributed by atoms with Gasteiger partial charge in [-0.2, -0.15) is 0 Å². The molecule has 0 spiro atoms. The lowest BCUT2D eigenvalue weighted by molar-refractivity contribution is -0.354. The van der Waals surface area contributed by atoms with Crippen LogP contribution < -0.4 is 5.73 Å². The minimum Gasteiger partial charge on any atom is -0.370 e. The third-order valence-electron chi connectivity index (χ3n) is 1.91. The maximum Gasteiger partial charge on any atom is 0.249 e. The van der Waals surface area contributed by atoms with Crippen LogP contribution in [0, 0.1) is 0 Å². The lowest BCUT2D eigenvalue weighted by atomic mass is 10.2. The molecule has 0 rings (SSSR count). The second-order valence-electron chi connectivity index (χ2n) is 3.99. The van der Waals surface area contributed by atoms with Crippen molar-refractivity contribution in [1.29, 1.82) is 0 Å². The Balaban J connectivity index is 4.63. The summed E-state index contributed by atoms with van der Waals surface area (Å²) < 4.78 is 0. The zero-order chi connectivity index (χ0) is 13.9.